The summed E-state index contributed by atoms with van der Waals surface area (Å²) in [6.45, 7) is 17.7. The van der Waals surface area contributed by atoms with Crippen LogP contribution in [0.4, 0.5) is 0 Å². The lowest BCUT2D eigenvalue weighted by atomic mass is 9.86. The summed E-state index contributed by atoms with van der Waals surface area (Å²) in [7, 11) is 0. The lowest BCUT2D eigenvalue weighted by Gasteiger charge is -2.27. The van der Waals surface area contributed by atoms with Crippen LogP contribution in [0, 0.1) is 0 Å². The molecule has 0 N–H and O–H groups in total. The quantitative estimate of drug-likeness (QED) is 0.729. The first-order valence-electron chi connectivity index (χ1n) is 7.34. The molecule has 0 spiro atoms. The minimum atomic E-state index is 0.221. The molecule has 0 amide bonds. The van der Waals surface area contributed by atoms with Crippen molar-refractivity contribution in [3.8, 4) is 0 Å². The molecular weight excluding hydrogens is 230 g/mol. The van der Waals surface area contributed by atoms with Crippen LogP contribution < -0.4 is 0 Å². The predicted octanol–water partition coefficient (Wildman–Crippen LogP) is 5.08. The molecule has 0 aliphatic carbocycles. The van der Waals surface area contributed by atoms with E-state index in [0.29, 0.717) is 0 Å². The van der Waals surface area contributed by atoms with Gasteiger partial charge in [0.1, 0.15) is 0 Å². The molecule has 0 aliphatic heterocycles. The number of hydrogen-bond acceptors (Lipinski definition) is 1. The third-order valence-electron chi connectivity index (χ3n) is 3.58. The van der Waals surface area contributed by atoms with Gasteiger partial charge in [0.25, 0.3) is 0 Å². The number of nitrogens with zero attached hydrogens (tertiary/aromatic N) is 1. The van der Waals surface area contributed by atoms with Crippen LogP contribution in [-0.4, -0.2) is 18.0 Å². The summed E-state index contributed by atoms with van der Waals surface area (Å²) >= 11 is 0. The molecule has 1 aromatic rings. The minimum absolute atomic E-state index is 0.221. The van der Waals surface area contributed by atoms with Gasteiger partial charge in [-0.15, -0.1) is 0 Å². The fraction of sp³-hybridized carbons (Fsp3) is 0.556. The van der Waals surface area contributed by atoms with Crippen LogP contribution in [-0.2, 0) is 5.41 Å². The molecule has 106 valence electrons. The van der Waals surface area contributed by atoms with Crippen molar-refractivity contribution in [3.05, 3.63) is 41.0 Å². The molecule has 0 aromatic heterocycles. The second kappa shape index (κ2) is 6.27. The Balaban J connectivity index is 3.17. The van der Waals surface area contributed by atoms with Crippen LogP contribution in [0.3, 0.4) is 0 Å². The highest BCUT2D eigenvalue weighted by atomic mass is 15.1. The molecule has 19 heavy (non-hydrogen) atoms. The van der Waals surface area contributed by atoms with Gasteiger partial charge >= 0.3 is 0 Å². The first-order valence-corrected chi connectivity index (χ1v) is 7.34. The van der Waals surface area contributed by atoms with Gasteiger partial charge in [-0.05, 0) is 44.2 Å². The monoisotopic (exact) mass is 259 g/mol. The van der Waals surface area contributed by atoms with Gasteiger partial charge in [0.15, 0.2) is 0 Å². The Kier molecular flexibility index (Phi) is 5.22. The van der Waals surface area contributed by atoms with Gasteiger partial charge in [-0.2, -0.15) is 0 Å². The zero-order valence-electron chi connectivity index (χ0n) is 13.7. The molecule has 0 saturated carbocycles. The Morgan fingerprint density at radius 2 is 1.42 bits per heavy atom. The highest BCUT2D eigenvalue weighted by Crippen LogP contribution is 2.27. The van der Waals surface area contributed by atoms with Gasteiger partial charge in [-0.25, -0.2) is 0 Å². The molecule has 0 bridgehead atoms. The molecule has 0 atom stereocenters. The standard InChI is InChI=1S/C18H29N/c1-8-19(9-2)17(14(3)4)15-10-12-16(13-11-15)18(5,6)7/h10-13H,8-9H2,1-7H3. The van der Waals surface area contributed by atoms with Gasteiger partial charge in [-0.1, -0.05) is 50.6 Å². The molecular formula is C18H29N. The molecule has 1 aromatic carbocycles. The van der Waals surface area contributed by atoms with Crippen molar-refractivity contribution in [2.45, 2.75) is 53.9 Å². The van der Waals surface area contributed by atoms with E-state index in [1.54, 1.807) is 0 Å². The molecule has 0 saturated heterocycles. The lowest BCUT2D eigenvalue weighted by Crippen LogP contribution is -2.22. The average Bonchev–Trinajstić information content (AvgIpc) is 2.34. The smallest absolute Gasteiger partial charge is 0.0425 e. The zero-order valence-corrected chi connectivity index (χ0v) is 13.7. The van der Waals surface area contributed by atoms with Crippen molar-refractivity contribution in [3.63, 3.8) is 0 Å². The van der Waals surface area contributed by atoms with E-state index in [4.69, 9.17) is 0 Å². The van der Waals surface area contributed by atoms with Crippen LogP contribution in [0.25, 0.3) is 5.70 Å². The summed E-state index contributed by atoms with van der Waals surface area (Å²) in [5.74, 6) is 0. The number of hydrogen-bond donors (Lipinski definition) is 0. The van der Waals surface area contributed by atoms with E-state index in [2.05, 4.69) is 77.6 Å². The summed E-state index contributed by atoms with van der Waals surface area (Å²) < 4.78 is 0. The molecule has 0 aliphatic rings. The Morgan fingerprint density at radius 1 is 0.947 bits per heavy atom. The van der Waals surface area contributed by atoms with Crippen molar-refractivity contribution in [1.82, 2.24) is 4.90 Å². The van der Waals surface area contributed by atoms with Gasteiger partial charge in [0.05, 0.1) is 0 Å². The first-order chi connectivity index (χ1) is 8.81. The Bertz CT molecular complexity index is 424. The molecule has 0 fully saturated rings. The van der Waals surface area contributed by atoms with E-state index in [1.807, 2.05) is 0 Å². The second-order valence-electron chi connectivity index (χ2n) is 6.35. The third kappa shape index (κ3) is 3.86. The summed E-state index contributed by atoms with van der Waals surface area (Å²) in [6, 6.07) is 9.06. The number of benzene rings is 1. The molecule has 0 heterocycles. The summed E-state index contributed by atoms with van der Waals surface area (Å²) in [4.78, 5) is 2.43. The third-order valence-corrected chi connectivity index (χ3v) is 3.58. The fourth-order valence-electron chi connectivity index (χ4n) is 2.46. The predicted molar refractivity (Wildman–Crippen MR) is 86.3 cm³/mol. The van der Waals surface area contributed by atoms with Crippen LogP contribution >= 0.6 is 0 Å². The Morgan fingerprint density at radius 3 is 1.74 bits per heavy atom. The minimum Gasteiger partial charge on any atom is -0.372 e. The van der Waals surface area contributed by atoms with Crippen molar-refractivity contribution in [1.29, 1.82) is 0 Å². The Hall–Kier alpha value is -1.24. The number of rotatable bonds is 4. The van der Waals surface area contributed by atoms with Crippen molar-refractivity contribution in [2.75, 3.05) is 13.1 Å². The van der Waals surface area contributed by atoms with E-state index in [1.165, 1.54) is 22.4 Å². The molecule has 0 unspecified atom stereocenters. The topological polar surface area (TPSA) is 3.24 Å². The SMILES string of the molecule is CCN(CC)C(=C(C)C)c1ccc(C(C)(C)C)cc1. The highest BCUT2D eigenvalue weighted by molar-refractivity contribution is 5.67. The molecule has 1 nitrogen and oxygen atoms in total. The largest absolute Gasteiger partial charge is 0.372 e. The van der Waals surface area contributed by atoms with E-state index in [0.717, 1.165) is 13.1 Å². The molecule has 1 rings (SSSR count). The van der Waals surface area contributed by atoms with Crippen molar-refractivity contribution >= 4 is 5.70 Å². The number of allylic oxidation sites excluding steroid dienone is 1. The Labute approximate surface area is 119 Å². The van der Waals surface area contributed by atoms with Crippen LogP contribution in [0.15, 0.2) is 29.8 Å². The van der Waals surface area contributed by atoms with Gasteiger partial charge in [0.2, 0.25) is 0 Å². The van der Waals surface area contributed by atoms with Gasteiger partial charge in [-0.3, -0.25) is 0 Å². The van der Waals surface area contributed by atoms with E-state index in [9.17, 15) is 0 Å². The van der Waals surface area contributed by atoms with Gasteiger partial charge < -0.3 is 4.90 Å². The summed E-state index contributed by atoms with van der Waals surface area (Å²) in [6.07, 6.45) is 0. The maximum absolute atomic E-state index is 2.43. The summed E-state index contributed by atoms with van der Waals surface area (Å²) in [5.41, 5.74) is 5.71. The van der Waals surface area contributed by atoms with E-state index < -0.39 is 0 Å². The summed E-state index contributed by atoms with van der Waals surface area (Å²) in [5, 5.41) is 0. The fourth-order valence-corrected chi connectivity index (χ4v) is 2.46. The van der Waals surface area contributed by atoms with E-state index in [-0.39, 0.29) is 5.41 Å². The van der Waals surface area contributed by atoms with E-state index >= 15 is 0 Å². The van der Waals surface area contributed by atoms with Crippen molar-refractivity contribution < 1.29 is 0 Å². The second-order valence-corrected chi connectivity index (χ2v) is 6.35. The lowest BCUT2D eigenvalue weighted by molar-refractivity contribution is 0.439. The average molecular weight is 259 g/mol. The maximum atomic E-state index is 2.43. The van der Waals surface area contributed by atoms with Crippen molar-refractivity contribution in [2.24, 2.45) is 0 Å². The van der Waals surface area contributed by atoms with Crippen LogP contribution in [0.1, 0.15) is 59.6 Å². The maximum Gasteiger partial charge on any atom is 0.0425 e. The first kappa shape index (κ1) is 15.8. The normalized spacial score (nSPS) is 11.3. The van der Waals surface area contributed by atoms with Crippen LogP contribution in [0.2, 0.25) is 0 Å². The van der Waals surface area contributed by atoms with Gasteiger partial charge in [0, 0.05) is 18.8 Å². The molecule has 0 radical (unpaired) electrons. The molecule has 1 heteroatoms. The van der Waals surface area contributed by atoms with Crippen LogP contribution in [0.5, 0.6) is 0 Å². The zero-order chi connectivity index (χ0) is 14.6. The highest BCUT2D eigenvalue weighted by Gasteiger charge is 2.15.